The molecule has 4 heterocycles. The Labute approximate surface area is 241 Å². The monoisotopic (exact) mass is 561 g/mol. The van der Waals surface area contributed by atoms with Crippen LogP contribution >= 0.6 is 0 Å². The highest BCUT2D eigenvalue weighted by Gasteiger charge is 2.50. The molecule has 9 nitrogen and oxygen atoms in total. The summed E-state index contributed by atoms with van der Waals surface area (Å²) in [5, 5.41) is 10.9. The summed E-state index contributed by atoms with van der Waals surface area (Å²) in [6.07, 6.45) is 2.33. The molecule has 3 fully saturated rings. The molecule has 1 amide bonds. The molecule has 1 aromatic carbocycles. The summed E-state index contributed by atoms with van der Waals surface area (Å²) in [6, 6.07) is 12.0. The van der Waals surface area contributed by atoms with Gasteiger partial charge in [0.25, 0.3) is 5.91 Å². The van der Waals surface area contributed by atoms with E-state index >= 15 is 4.39 Å². The summed E-state index contributed by atoms with van der Waals surface area (Å²) in [4.78, 5) is 23.3. The lowest BCUT2D eigenvalue weighted by Gasteiger charge is -2.43. The van der Waals surface area contributed by atoms with Gasteiger partial charge in [-0.05, 0) is 61.2 Å². The smallest absolute Gasteiger partial charge is 0.274 e. The Balaban J connectivity index is 1.23. The molecule has 2 aliphatic heterocycles. The van der Waals surface area contributed by atoms with E-state index in [1.807, 2.05) is 30.3 Å². The number of hydrogen-bond donors (Lipinski definition) is 1. The zero-order valence-corrected chi connectivity index (χ0v) is 24.4. The van der Waals surface area contributed by atoms with E-state index in [0.29, 0.717) is 29.3 Å². The third-order valence-corrected chi connectivity index (χ3v) is 8.90. The molecule has 0 unspecified atom stereocenters. The second-order valence-electron chi connectivity index (χ2n) is 12.5. The van der Waals surface area contributed by atoms with Crippen LogP contribution < -0.4 is 5.32 Å². The first kappa shape index (κ1) is 27.9. The summed E-state index contributed by atoms with van der Waals surface area (Å²) in [7, 11) is 3.92. The van der Waals surface area contributed by atoms with Gasteiger partial charge in [0.05, 0.1) is 18.6 Å². The number of ether oxygens (including phenoxy) is 1. The van der Waals surface area contributed by atoms with Gasteiger partial charge in [-0.3, -0.25) is 9.69 Å². The van der Waals surface area contributed by atoms with Crippen molar-refractivity contribution in [3.8, 4) is 0 Å². The maximum atomic E-state index is 15.8. The summed E-state index contributed by atoms with van der Waals surface area (Å²) in [6.45, 7) is 8.92. The quantitative estimate of drug-likeness (QED) is 0.421. The second kappa shape index (κ2) is 11.2. The van der Waals surface area contributed by atoms with Crippen molar-refractivity contribution in [2.75, 3.05) is 45.2 Å². The lowest BCUT2D eigenvalue weighted by atomic mass is 9.74. The molecule has 0 spiro atoms. The average Bonchev–Trinajstić information content (AvgIpc) is 3.69. The number of pyridine rings is 1. The van der Waals surface area contributed by atoms with Crippen molar-refractivity contribution < 1.29 is 13.9 Å². The predicted octanol–water partition coefficient (Wildman–Crippen LogP) is 4.09. The summed E-state index contributed by atoms with van der Waals surface area (Å²) in [5.41, 5.74) is 3.04. The van der Waals surface area contributed by atoms with Crippen LogP contribution in [0.2, 0.25) is 0 Å². The molecule has 3 aromatic rings. The van der Waals surface area contributed by atoms with Crippen LogP contribution in [-0.2, 0) is 23.7 Å². The lowest BCUT2D eigenvalue weighted by molar-refractivity contribution is -0.102. The van der Waals surface area contributed by atoms with Crippen molar-refractivity contribution in [2.45, 2.75) is 56.8 Å². The standard InChI is InChI=1S/C31H40FN7O2/c1-20(2)27-16-37(3)10-11-39(27)15-21-12-25(22-8-9-22)35-26(13-21)30(40)34-24-7-5-6-23(14-24)31(17-41-18-31)28(32)29-36-33-19-38(29)4/h5-7,12-14,19-20,22,27-28H,8-11,15-18H2,1-4H3,(H,34,40)/t27-,28-/m1/s1. The maximum Gasteiger partial charge on any atom is 0.274 e. The molecule has 2 atom stereocenters. The molecule has 218 valence electrons. The lowest BCUT2D eigenvalue weighted by Crippen LogP contribution is -2.53. The summed E-state index contributed by atoms with van der Waals surface area (Å²) >= 11 is 0. The van der Waals surface area contributed by atoms with E-state index in [1.165, 1.54) is 6.33 Å². The van der Waals surface area contributed by atoms with E-state index in [1.54, 1.807) is 11.6 Å². The molecule has 3 aliphatic rings. The molecule has 1 saturated carbocycles. The van der Waals surface area contributed by atoms with Crippen molar-refractivity contribution in [1.29, 1.82) is 0 Å². The molecule has 1 N–H and O–H groups in total. The van der Waals surface area contributed by atoms with Gasteiger partial charge in [-0.1, -0.05) is 26.0 Å². The van der Waals surface area contributed by atoms with Gasteiger partial charge in [0.1, 0.15) is 12.0 Å². The Hall–Kier alpha value is -3.21. The van der Waals surface area contributed by atoms with Crippen LogP contribution in [0.25, 0.3) is 0 Å². The van der Waals surface area contributed by atoms with Gasteiger partial charge in [0.2, 0.25) is 0 Å². The first-order valence-corrected chi connectivity index (χ1v) is 14.6. The number of anilines is 1. The number of nitrogens with zero attached hydrogens (tertiary/aromatic N) is 6. The molecular weight excluding hydrogens is 521 g/mol. The van der Waals surface area contributed by atoms with E-state index < -0.39 is 11.6 Å². The van der Waals surface area contributed by atoms with Gasteiger partial charge in [0.15, 0.2) is 12.0 Å². The maximum absolute atomic E-state index is 15.8. The van der Waals surface area contributed by atoms with Crippen LogP contribution in [0.4, 0.5) is 10.1 Å². The SMILES string of the molecule is CC(C)[C@H]1CN(C)CCN1Cc1cc(C(=O)Nc2cccc(C3([C@H](F)c4nncn4C)COC3)c2)nc(C2CC2)c1. The van der Waals surface area contributed by atoms with Gasteiger partial charge in [0, 0.05) is 56.6 Å². The number of piperazine rings is 1. The minimum absolute atomic E-state index is 0.233. The molecule has 2 saturated heterocycles. The molecule has 0 bridgehead atoms. The third-order valence-electron chi connectivity index (χ3n) is 8.90. The number of benzene rings is 1. The fraction of sp³-hybridized carbons (Fsp3) is 0.548. The van der Waals surface area contributed by atoms with Crippen molar-refractivity contribution >= 4 is 11.6 Å². The van der Waals surface area contributed by atoms with Crippen molar-refractivity contribution in [2.24, 2.45) is 13.0 Å². The van der Waals surface area contributed by atoms with Crippen LogP contribution in [0.1, 0.15) is 71.9 Å². The molecule has 0 radical (unpaired) electrons. The largest absolute Gasteiger partial charge is 0.379 e. The Bertz CT molecular complexity index is 1400. The minimum atomic E-state index is -1.39. The summed E-state index contributed by atoms with van der Waals surface area (Å²) in [5.74, 6) is 0.975. The number of likely N-dealkylation sites (N-methyl/N-ethyl adjacent to an activating group) is 1. The van der Waals surface area contributed by atoms with E-state index in [9.17, 15) is 4.79 Å². The Kier molecular flexibility index (Phi) is 7.65. The highest BCUT2D eigenvalue weighted by Crippen LogP contribution is 2.45. The second-order valence-corrected chi connectivity index (χ2v) is 12.5. The first-order chi connectivity index (χ1) is 19.7. The van der Waals surface area contributed by atoms with Gasteiger partial charge in [-0.15, -0.1) is 10.2 Å². The van der Waals surface area contributed by atoms with Crippen molar-refractivity contribution in [3.05, 3.63) is 71.1 Å². The fourth-order valence-electron chi connectivity index (χ4n) is 6.11. The van der Waals surface area contributed by atoms with Gasteiger partial charge >= 0.3 is 0 Å². The number of carbonyl (C=O) groups excluding carboxylic acids is 1. The number of hydrogen-bond acceptors (Lipinski definition) is 7. The molecule has 6 rings (SSSR count). The summed E-state index contributed by atoms with van der Waals surface area (Å²) < 4.78 is 22.9. The highest BCUT2D eigenvalue weighted by molar-refractivity contribution is 6.03. The zero-order valence-electron chi connectivity index (χ0n) is 24.4. The van der Waals surface area contributed by atoms with Crippen LogP contribution in [0.5, 0.6) is 0 Å². The highest BCUT2D eigenvalue weighted by atomic mass is 19.1. The number of aryl methyl sites for hydroxylation is 1. The Morgan fingerprint density at radius 2 is 1.98 bits per heavy atom. The number of halogens is 1. The third kappa shape index (κ3) is 5.65. The van der Waals surface area contributed by atoms with Crippen LogP contribution in [-0.4, -0.2) is 81.4 Å². The van der Waals surface area contributed by atoms with Crippen LogP contribution in [0.15, 0.2) is 42.7 Å². The molecule has 10 heteroatoms. The number of nitrogens with one attached hydrogen (secondary N) is 1. The van der Waals surface area contributed by atoms with E-state index in [0.717, 1.165) is 55.8 Å². The van der Waals surface area contributed by atoms with Crippen LogP contribution in [0, 0.1) is 5.92 Å². The molecule has 2 aromatic heterocycles. The number of carbonyl (C=O) groups is 1. The van der Waals surface area contributed by atoms with Crippen molar-refractivity contribution in [1.82, 2.24) is 29.5 Å². The first-order valence-electron chi connectivity index (χ1n) is 14.6. The Morgan fingerprint density at radius 3 is 2.63 bits per heavy atom. The predicted molar refractivity (Wildman–Crippen MR) is 154 cm³/mol. The van der Waals surface area contributed by atoms with Crippen LogP contribution in [0.3, 0.4) is 0 Å². The van der Waals surface area contributed by atoms with E-state index in [2.05, 4.69) is 52.3 Å². The number of amides is 1. The Morgan fingerprint density at radius 1 is 1.17 bits per heavy atom. The fourth-order valence-corrected chi connectivity index (χ4v) is 6.11. The molecule has 1 aliphatic carbocycles. The average molecular weight is 562 g/mol. The number of rotatable bonds is 9. The topological polar surface area (TPSA) is 88.4 Å². The molecular formula is C31H40FN7O2. The van der Waals surface area contributed by atoms with E-state index in [-0.39, 0.29) is 24.9 Å². The number of alkyl halides is 1. The van der Waals surface area contributed by atoms with Gasteiger partial charge < -0.3 is 19.5 Å². The molecule has 41 heavy (non-hydrogen) atoms. The normalized spacial score (nSPS) is 22.0. The van der Waals surface area contributed by atoms with Gasteiger partial charge in [-0.2, -0.15) is 0 Å². The van der Waals surface area contributed by atoms with Gasteiger partial charge in [-0.25, -0.2) is 9.37 Å². The zero-order chi connectivity index (χ0) is 28.7. The van der Waals surface area contributed by atoms with E-state index in [4.69, 9.17) is 9.72 Å². The number of aromatic nitrogens is 4. The minimum Gasteiger partial charge on any atom is -0.379 e. The van der Waals surface area contributed by atoms with Crippen molar-refractivity contribution in [3.63, 3.8) is 0 Å².